The third-order valence-corrected chi connectivity index (χ3v) is 8.94. The van der Waals surface area contributed by atoms with Crippen LogP contribution in [0.4, 0.5) is 8.78 Å². The maximum Gasteiger partial charge on any atom is 0.266 e. The Morgan fingerprint density at radius 2 is 1.72 bits per heavy atom. The van der Waals surface area contributed by atoms with Gasteiger partial charge in [-0.25, -0.2) is 8.78 Å². The molecule has 0 aromatic carbocycles. The molecule has 4 rings (SSSR count). The van der Waals surface area contributed by atoms with Crippen LogP contribution >= 0.6 is 0 Å². The molecule has 0 spiro atoms. The van der Waals surface area contributed by atoms with Gasteiger partial charge < -0.3 is 5.11 Å². The molecule has 0 bridgehead atoms. The zero-order valence-corrected chi connectivity index (χ0v) is 15.5. The second kappa shape index (κ2) is 6.00. The van der Waals surface area contributed by atoms with E-state index in [2.05, 4.69) is 6.92 Å². The Balaban J connectivity index is 1.53. The summed E-state index contributed by atoms with van der Waals surface area (Å²) in [5.74, 6) is 3.30. The molecule has 0 aromatic rings. The predicted octanol–water partition coefficient (Wildman–Crippen LogP) is 4.84. The minimum atomic E-state index is -2.62. The van der Waals surface area contributed by atoms with Crippen molar-refractivity contribution in [1.29, 1.82) is 0 Å². The van der Waals surface area contributed by atoms with Crippen LogP contribution in [0.3, 0.4) is 0 Å². The summed E-state index contributed by atoms with van der Waals surface area (Å²) in [6, 6.07) is 0. The van der Waals surface area contributed by atoms with Crippen molar-refractivity contribution in [2.24, 2.45) is 40.9 Å². The molecule has 0 aliphatic heterocycles. The molecule has 8 atom stereocenters. The summed E-state index contributed by atoms with van der Waals surface area (Å²) in [6.45, 7) is 4.10. The lowest BCUT2D eigenvalue weighted by atomic mass is 9.49. The van der Waals surface area contributed by atoms with Crippen LogP contribution in [0.5, 0.6) is 0 Å². The van der Waals surface area contributed by atoms with Crippen LogP contribution < -0.4 is 0 Å². The monoisotopic (exact) mass is 354 g/mol. The molecule has 0 aromatic heterocycles. The summed E-state index contributed by atoms with van der Waals surface area (Å²) in [5.41, 5.74) is -1.58. The van der Waals surface area contributed by atoms with Crippen LogP contribution in [0.15, 0.2) is 0 Å². The largest absolute Gasteiger partial charge is 0.384 e. The Bertz CT molecular complexity index is 550. The number of Topliss-reactive ketones (excluding diaryl/α,β-unsaturated/α-hetero) is 1. The topological polar surface area (TPSA) is 37.3 Å². The Morgan fingerprint density at radius 1 is 1.00 bits per heavy atom. The maximum absolute atomic E-state index is 13.3. The molecule has 4 saturated carbocycles. The number of carbonyl (C=O) groups excluding carboxylic acids is 1. The van der Waals surface area contributed by atoms with E-state index < -0.39 is 12.0 Å². The minimum absolute atomic E-state index is 0.165. The second-order valence-corrected chi connectivity index (χ2v) is 9.87. The van der Waals surface area contributed by atoms with Crippen molar-refractivity contribution in [2.45, 2.75) is 83.7 Å². The lowest BCUT2D eigenvalue weighted by Gasteiger charge is -2.57. The Morgan fingerprint density at radius 3 is 2.40 bits per heavy atom. The van der Waals surface area contributed by atoms with E-state index in [4.69, 9.17) is 0 Å². The quantitative estimate of drug-likeness (QED) is 0.770. The number of carbonyl (C=O) groups is 1. The standard InChI is InChI=1S/C21H32F2O2/c1-12(24)17-5-6-18-16-4-3-13-11-21(25,19(22)23)10-8-14(13)15(16)7-9-20(17,18)2/h13-19,25H,3-11H2,1-2H3/t13-,14+,15-,16-,17-,18+,20-,21+/m1/s1. The molecule has 4 aliphatic rings. The third kappa shape index (κ3) is 2.61. The lowest BCUT2D eigenvalue weighted by Crippen LogP contribution is -2.52. The number of alkyl halides is 2. The molecule has 0 heterocycles. The summed E-state index contributed by atoms with van der Waals surface area (Å²) in [6.07, 6.45) is 5.25. The zero-order valence-electron chi connectivity index (χ0n) is 15.5. The van der Waals surface area contributed by atoms with Gasteiger partial charge in [-0.15, -0.1) is 0 Å². The Hall–Kier alpha value is -0.510. The summed E-state index contributed by atoms with van der Waals surface area (Å²) in [7, 11) is 0. The van der Waals surface area contributed by atoms with Crippen molar-refractivity contribution >= 4 is 5.78 Å². The van der Waals surface area contributed by atoms with Gasteiger partial charge in [-0.05, 0) is 99.7 Å². The van der Waals surface area contributed by atoms with Gasteiger partial charge in [0.05, 0.1) is 0 Å². The highest BCUT2D eigenvalue weighted by atomic mass is 19.3. The van der Waals surface area contributed by atoms with E-state index in [1.165, 1.54) is 6.42 Å². The number of ketones is 1. The summed E-state index contributed by atoms with van der Waals surface area (Å²) in [5, 5.41) is 10.3. The molecule has 4 heteroatoms. The van der Waals surface area contributed by atoms with Crippen LogP contribution in [-0.4, -0.2) is 22.9 Å². The molecule has 142 valence electrons. The van der Waals surface area contributed by atoms with Crippen LogP contribution in [0.1, 0.15) is 71.6 Å². The van der Waals surface area contributed by atoms with Crippen LogP contribution in [0.2, 0.25) is 0 Å². The van der Waals surface area contributed by atoms with Gasteiger partial charge in [0.2, 0.25) is 0 Å². The van der Waals surface area contributed by atoms with Crippen molar-refractivity contribution in [3.8, 4) is 0 Å². The normalized spacial score (nSPS) is 52.4. The molecule has 25 heavy (non-hydrogen) atoms. The molecular formula is C21H32F2O2. The molecule has 4 fully saturated rings. The average molecular weight is 354 g/mol. The van der Waals surface area contributed by atoms with Gasteiger partial charge in [0.15, 0.2) is 0 Å². The Kier molecular flexibility index (Phi) is 4.29. The van der Waals surface area contributed by atoms with Gasteiger partial charge >= 0.3 is 0 Å². The van der Waals surface area contributed by atoms with Gasteiger partial charge in [-0.3, -0.25) is 4.79 Å². The number of hydrogen-bond donors (Lipinski definition) is 1. The fourth-order valence-corrected chi connectivity index (χ4v) is 7.78. The molecular weight excluding hydrogens is 322 g/mol. The predicted molar refractivity (Wildman–Crippen MR) is 92.2 cm³/mol. The summed E-state index contributed by atoms with van der Waals surface area (Å²) in [4.78, 5) is 12.1. The van der Waals surface area contributed by atoms with E-state index in [0.717, 1.165) is 38.5 Å². The number of rotatable bonds is 2. The second-order valence-electron chi connectivity index (χ2n) is 9.87. The third-order valence-electron chi connectivity index (χ3n) is 8.94. The first-order chi connectivity index (χ1) is 11.8. The fourth-order valence-electron chi connectivity index (χ4n) is 7.78. The van der Waals surface area contributed by atoms with Crippen LogP contribution in [-0.2, 0) is 4.79 Å². The SMILES string of the molecule is CC(=O)[C@H]1CC[C@H]2[C@@H]3CC[C@@H]4C[C@](O)(C(F)F)CC[C@@H]4[C@H]3CC[C@]12C. The highest BCUT2D eigenvalue weighted by Crippen LogP contribution is 2.64. The number of fused-ring (bicyclic) bond motifs is 5. The number of aliphatic hydroxyl groups is 1. The van der Waals surface area contributed by atoms with Gasteiger partial charge in [0.1, 0.15) is 11.4 Å². The van der Waals surface area contributed by atoms with E-state index in [1.54, 1.807) is 6.92 Å². The van der Waals surface area contributed by atoms with Crippen molar-refractivity contribution in [1.82, 2.24) is 0 Å². The maximum atomic E-state index is 13.3. The van der Waals surface area contributed by atoms with Gasteiger partial charge in [-0.2, -0.15) is 0 Å². The van der Waals surface area contributed by atoms with Crippen LogP contribution in [0, 0.1) is 40.9 Å². The molecule has 0 saturated heterocycles. The van der Waals surface area contributed by atoms with E-state index in [1.807, 2.05) is 0 Å². The molecule has 0 unspecified atom stereocenters. The first kappa shape index (κ1) is 17.9. The van der Waals surface area contributed by atoms with E-state index in [-0.39, 0.29) is 30.1 Å². The lowest BCUT2D eigenvalue weighted by molar-refractivity contribution is -0.160. The van der Waals surface area contributed by atoms with E-state index in [9.17, 15) is 18.7 Å². The summed E-state index contributed by atoms with van der Waals surface area (Å²) < 4.78 is 26.5. The van der Waals surface area contributed by atoms with Crippen LogP contribution in [0.25, 0.3) is 0 Å². The number of halogens is 2. The minimum Gasteiger partial charge on any atom is -0.384 e. The van der Waals surface area contributed by atoms with Crippen molar-refractivity contribution in [2.75, 3.05) is 0 Å². The van der Waals surface area contributed by atoms with Gasteiger partial charge in [-0.1, -0.05) is 6.92 Å². The molecule has 1 N–H and O–H groups in total. The zero-order chi connectivity index (χ0) is 18.0. The highest BCUT2D eigenvalue weighted by Gasteiger charge is 2.59. The van der Waals surface area contributed by atoms with E-state index >= 15 is 0 Å². The first-order valence-corrected chi connectivity index (χ1v) is 10.3. The smallest absolute Gasteiger partial charge is 0.266 e. The van der Waals surface area contributed by atoms with Gasteiger partial charge in [0, 0.05) is 5.92 Å². The van der Waals surface area contributed by atoms with Crippen molar-refractivity contribution < 1.29 is 18.7 Å². The molecule has 2 nitrogen and oxygen atoms in total. The first-order valence-electron chi connectivity index (χ1n) is 10.3. The Labute approximate surface area is 149 Å². The van der Waals surface area contributed by atoms with Crippen molar-refractivity contribution in [3.05, 3.63) is 0 Å². The molecule has 0 radical (unpaired) electrons. The van der Waals surface area contributed by atoms with Gasteiger partial charge in [0.25, 0.3) is 6.43 Å². The fraction of sp³-hybridized carbons (Fsp3) is 0.952. The average Bonchev–Trinajstić information content (AvgIpc) is 2.91. The number of hydrogen-bond acceptors (Lipinski definition) is 2. The summed E-state index contributed by atoms with van der Waals surface area (Å²) >= 11 is 0. The van der Waals surface area contributed by atoms with Crippen molar-refractivity contribution in [3.63, 3.8) is 0 Å². The highest BCUT2D eigenvalue weighted by molar-refractivity contribution is 5.79. The molecule has 4 aliphatic carbocycles. The van der Waals surface area contributed by atoms with E-state index in [0.29, 0.717) is 29.5 Å². The molecule has 0 amide bonds.